The number of nitrogens with two attached hydrogens (primary N) is 1. The molecule has 2 aromatic heterocycles. The minimum atomic E-state index is -2.15. The molecule has 0 aliphatic carbocycles. The van der Waals surface area contributed by atoms with Gasteiger partial charge < -0.3 is 30.0 Å². The van der Waals surface area contributed by atoms with Crippen molar-refractivity contribution in [3.63, 3.8) is 0 Å². The van der Waals surface area contributed by atoms with Crippen LogP contribution in [-0.2, 0) is 11.3 Å². The summed E-state index contributed by atoms with van der Waals surface area (Å²) in [5.74, 6) is 0.111. The molecule has 10 nitrogen and oxygen atoms in total. The van der Waals surface area contributed by atoms with Gasteiger partial charge >= 0.3 is 11.7 Å². The first-order valence-corrected chi connectivity index (χ1v) is 8.89. The highest BCUT2D eigenvalue weighted by Gasteiger charge is 2.15. The Hall–Kier alpha value is -2.52. The molecule has 0 bridgehead atoms. The maximum Gasteiger partial charge on any atom is 0.328 e. The minimum Gasteiger partial charge on any atom is -0.461 e. The van der Waals surface area contributed by atoms with Gasteiger partial charge in [0, 0.05) is 12.4 Å². The van der Waals surface area contributed by atoms with Crippen LogP contribution < -0.4 is 21.5 Å². The number of nitrogens with one attached hydrogen (secondary N) is 1. The number of imidazole rings is 1. The molecule has 0 aliphatic heterocycles. The molecule has 3 rings (SSSR count). The van der Waals surface area contributed by atoms with Crippen molar-refractivity contribution in [3.8, 4) is 6.01 Å². The van der Waals surface area contributed by atoms with Crippen LogP contribution in [0.2, 0.25) is 0 Å². The summed E-state index contributed by atoms with van der Waals surface area (Å²) in [7, 11) is -0.598. The number of rotatable bonds is 7. The van der Waals surface area contributed by atoms with Crippen molar-refractivity contribution in [3.05, 3.63) is 40.3 Å². The van der Waals surface area contributed by atoms with Gasteiger partial charge in [-0.2, -0.15) is 9.97 Å². The molecule has 5 N–H and O–H groups in total. The molecule has 0 atom stereocenters. The minimum absolute atomic E-state index is 0.0568. The van der Waals surface area contributed by atoms with Crippen LogP contribution in [0, 0.1) is 0 Å². The summed E-state index contributed by atoms with van der Waals surface area (Å²) in [6, 6.07) is 6.68. The van der Waals surface area contributed by atoms with E-state index in [0.29, 0.717) is 23.1 Å². The Balaban J connectivity index is 1.94. The molecular formula is C15H18N5O5P. The van der Waals surface area contributed by atoms with Crippen LogP contribution in [0.3, 0.4) is 0 Å². The number of H-pyrrole nitrogens is 1. The fraction of sp³-hybridized carbons (Fsp3) is 0.267. The molecule has 11 heteroatoms. The molecule has 3 aromatic rings. The fourth-order valence-corrected chi connectivity index (χ4v) is 2.79. The highest BCUT2D eigenvalue weighted by atomic mass is 31.2. The normalized spacial score (nSPS) is 11.4. The standard InChI is InChI=1S/C15H18N5O5P/c1-24-6-7-25-14-18-12(16)11-13(19-14)20(15(21)17-11)8-9-2-4-10(5-3-9)26(22)23/h2-5,22-23H,6-8H2,1H3,(H,17,21)(H2,16,18,19). The molecule has 1 aromatic carbocycles. The average Bonchev–Trinajstić information content (AvgIpc) is 2.92. The molecule has 0 unspecified atom stereocenters. The molecule has 0 spiro atoms. The molecule has 138 valence electrons. The Labute approximate surface area is 149 Å². The average molecular weight is 379 g/mol. The molecule has 2 heterocycles. The summed E-state index contributed by atoms with van der Waals surface area (Å²) in [6.45, 7) is 0.844. The second kappa shape index (κ2) is 7.79. The number of hydrogen-bond acceptors (Lipinski definition) is 8. The van der Waals surface area contributed by atoms with Gasteiger partial charge in [-0.15, -0.1) is 0 Å². The van der Waals surface area contributed by atoms with Crippen LogP contribution in [0.5, 0.6) is 6.01 Å². The summed E-state index contributed by atoms with van der Waals surface area (Å²) >= 11 is 0. The lowest BCUT2D eigenvalue weighted by molar-refractivity contribution is 0.141. The Bertz CT molecular complexity index is 953. The van der Waals surface area contributed by atoms with Crippen LogP contribution in [-0.4, -0.2) is 49.6 Å². The van der Waals surface area contributed by atoms with E-state index in [9.17, 15) is 14.6 Å². The van der Waals surface area contributed by atoms with Crippen LogP contribution in [0.4, 0.5) is 5.82 Å². The van der Waals surface area contributed by atoms with Crippen molar-refractivity contribution in [1.29, 1.82) is 0 Å². The first-order valence-electron chi connectivity index (χ1n) is 7.64. The van der Waals surface area contributed by atoms with Crippen LogP contribution in [0.25, 0.3) is 11.2 Å². The lowest BCUT2D eigenvalue weighted by Gasteiger charge is -2.08. The number of aromatic nitrogens is 4. The van der Waals surface area contributed by atoms with E-state index in [-0.39, 0.29) is 30.7 Å². The Morgan fingerprint density at radius 3 is 2.62 bits per heavy atom. The zero-order chi connectivity index (χ0) is 18.7. The maximum absolute atomic E-state index is 12.3. The number of aromatic amines is 1. The predicted octanol–water partition coefficient (Wildman–Crippen LogP) is -0.303. The van der Waals surface area contributed by atoms with Gasteiger partial charge in [0.25, 0.3) is 0 Å². The van der Waals surface area contributed by atoms with E-state index in [1.54, 1.807) is 31.4 Å². The van der Waals surface area contributed by atoms with Crippen molar-refractivity contribution in [2.75, 3.05) is 26.1 Å². The zero-order valence-electron chi connectivity index (χ0n) is 13.9. The first kappa shape index (κ1) is 18.3. The lowest BCUT2D eigenvalue weighted by Crippen LogP contribution is -2.18. The van der Waals surface area contributed by atoms with Crippen LogP contribution in [0.1, 0.15) is 5.56 Å². The Morgan fingerprint density at radius 1 is 1.23 bits per heavy atom. The number of nitrogen functional groups attached to an aromatic ring is 1. The molecule has 0 amide bonds. The second-order valence-electron chi connectivity index (χ2n) is 5.40. The van der Waals surface area contributed by atoms with Crippen molar-refractivity contribution >= 4 is 30.7 Å². The number of fused-ring (bicyclic) bond motifs is 1. The monoisotopic (exact) mass is 379 g/mol. The quantitative estimate of drug-likeness (QED) is 0.323. The molecule has 0 saturated heterocycles. The summed E-state index contributed by atoms with van der Waals surface area (Å²) in [5, 5.41) is 0.426. The van der Waals surface area contributed by atoms with Crippen LogP contribution >= 0.6 is 8.38 Å². The molecule has 26 heavy (non-hydrogen) atoms. The summed E-state index contributed by atoms with van der Waals surface area (Å²) in [5.41, 5.74) is 6.95. The van der Waals surface area contributed by atoms with E-state index in [4.69, 9.17) is 15.2 Å². The third kappa shape index (κ3) is 3.83. The third-order valence-corrected chi connectivity index (χ3v) is 4.42. The summed E-state index contributed by atoms with van der Waals surface area (Å²) < 4.78 is 11.7. The lowest BCUT2D eigenvalue weighted by atomic mass is 10.2. The topological polar surface area (TPSA) is 149 Å². The van der Waals surface area contributed by atoms with Gasteiger partial charge in [-0.05, 0) is 17.7 Å². The molecular weight excluding hydrogens is 361 g/mol. The van der Waals surface area contributed by atoms with Gasteiger partial charge in [-0.3, -0.25) is 4.57 Å². The van der Waals surface area contributed by atoms with E-state index >= 15 is 0 Å². The number of benzene rings is 1. The van der Waals surface area contributed by atoms with Crippen molar-refractivity contribution < 1.29 is 19.3 Å². The largest absolute Gasteiger partial charge is 0.461 e. The molecule has 0 fully saturated rings. The number of methoxy groups -OCH3 is 1. The van der Waals surface area contributed by atoms with Crippen molar-refractivity contribution in [1.82, 2.24) is 19.5 Å². The Morgan fingerprint density at radius 2 is 1.96 bits per heavy atom. The number of nitrogens with zero attached hydrogens (tertiary/aromatic N) is 3. The van der Waals surface area contributed by atoms with Crippen molar-refractivity contribution in [2.45, 2.75) is 6.54 Å². The van der Waals surface area contributed by atoms with Gasteiger partial charge in [-0.25, -0.2) is 4.79 Å². The SMILES string of the molecule is COCCOc1nc(N)c2[nH]c(=O)n(Cc3ccc(P(O)O)cc3)c2n1. The molecule has 0 saturated carbocycles. The summed E-state index contributed by atoms with van der Waals surface area (Å²) in [4.78, 5) is 41.6. The maximum atomic E-state index is 12.3. The zero-order valence-corrected chi connectivity index (χ0v) is 14.8. The number of anilines is 1. The summed E-state index contributed by atoms with van der Waals surface area (Å²) in [6.07, 6.45) is 0. The van der Waals surface area contributed by atoms with Crippen LogP contribution in [0.15, 0.2) is 29.1 Å². The van der Waals surface area contributed by atoms with E-state index in [0.717, 1.165) is 5.56 Å². The predicted molar refractivity (Wildman–Crippen MR) is 96.5 cm³/mol. The molecule has 0 radical (unpaired) electrons. The third-order valence-electron chi connectivity index (χ3n) is 3.66. The Kier molecular flexibility index (Phi) is 5.48. The van der Waals surface area contributed by atoms with Gasteiger partial charge in [0.15, 0.2) is 19.8 Å². The van der Waals surface area contributed by atoms with Gasteiger partial charge in [0.2, 0.25) is 0 Å². The second-order valence-corrected chi connectivity index (χ2v) is 6.50. The number of ether oxygens (including phenoxy) is 2. The van der Waals surface area contributed by atoms with E-state index in [2.05, 4.69) is 15.0 Å². The smallest absolute Gasteiger partial charge is 0.328 e. The molecule has 0 aliphatic rings. The first-order chi connectivity index (χ1) is 12.5. The van der Waals surface area contributed by atoms with E-state index < -0.39 is 8.38 Å². The van der Waals surface area contributed by atoms with Crippen molar-refractivity contribution in [2.24, 2.45) is 0 Å². The highest BCUT2D eigenvalue weighted by Crippen LogP contribution is 2.22. The van der Waals surface area contributed by atoms with Gasteiger partial charge in [0.1, 0.15) is 12.1 Å². The van der Waals surface area contributed by atoms with Gasteiger partial charge in [0.05, 0.1) is 13.2 Å². The number of hydrogen-bond donors (Lipinski definition) is 4. The fourth-order valence-electron chi connectivity index (χ4n) is 2.38. The van der Waals surface area contributed by atoms with Gasteiger partial charge in [-0.1, -0.05) is 12.1 Å². The highest BCUT2D eigenvalue weighted by molar-refractivity contribution is 7.54. The van der Waals surface area contributed by atoms with E-state index in [1.165, 1.54) is 4.57 Å². The van der Waals surface area contributed by atoms with E-state index in [1.807, 2.05) is 0 Å².